The van der Waals surface area contributed by atoms with Crippen LogP contribution in [0.2, 0.25) is 4.34 Å². The largest absolute Gasteiger partial charge is 0.469 e. The first-order chi connectivity index (χ1) is 8.86. The van der Waals surface area contributed by atoms with Crippen molar-refractivity contribution in [2.75, 3.05) is 20.2 Å². The number of ether oxygens (including phenoxy) is 1. The summed E-state index contributed by atoms with van der Waals surface area (Å²) in [5, 5.41) is 0. The summed E-state index contributed by atoms with van der Waals surface area (Å²) in [7, 11) is -2.26. The van der Waals surface area contributed by atoms with E-state index in [-0.39, 0.29) is 22.6 Å². The van der Waals surface area contributed by atoms with E-state index in [4.69, 9.17) is 16.3 Å². The quantitative estimate of drug-likeness (QED) is 0.796. The number of hydrogen-bond acceptors (Lipinski definition) is 5. The van der Waals surface area contributed by atoms with E-state index in [2.05, 4.69) is 0 Å². The van der Waals surface area contributed by atoms with Crippen LogP contribution in [0.4, 0.5) is 0 Å². The van der Waals surface area contributed by atoms with Crippen molar-refractivity contribution < 1.29 is 17.9 Å². The Hall–Kier alpha value is -0.630. The second-order valence-electron chi connectivity index (χ2n) is 4.49. The number of methoxy groups -OCH3 is 1. The topological polar surface area (TPSA) is 63.7 Å². The average molecular weight is 324 g/mol. The SMILES string of the molecule is COC(=O)C1CN(S(=O)(=O)c2ccc(Cl)s2)CC1C. The molecule has 0 spiro atoms. The predicted octanol–water partition coefficient (Wildman–Crippen LogP) is 1.83. The number of halogens is 1. The molecule has 0 N–H and O–H groups in total. The summed E-state index contributed by atoms with van der Waals surface area (Å²) in [5.41, 5.74) is 0. The van der Waals surface area contributed by atoms with Crippen LogP contribution in [-0.4, -0.2) is 38.9 Å². The van der Waals surface area contributed by atoms with Crippen LogP contribution < -0.4 is 0 Å². The normalized spacial score (nSPS) is 24.6. The number of carbonyl (C=O) groups excluding carboxylic acids is 1. The fourth-order valence-electron chi connectivity index (χ4n) is 2.14. The Bertz CT molecular complexity index is 583. The van der Waals surface area contributed by atoms with Crippen LogP contribution in [0.25, 0.3) is 0 Å². The molecule has 106 valence electrons. The highest BCUT2D eigenvalue weighted by atomic mass is 35.5. The molecule has 0 aromatic carbocycles. The average Bonchev–Trinajstić information content (AvgIpc) is 2.95. The Morgan fingerprint density at radius 1 is 1.47 bits per heavy atom. The number of hydrogen-bond donors (Lipinski definition) is 0. The molecule has 8 heteroatoms. The third kappa shape index (κ3) is 2.79. The van der Waals surface area contributed by atoms with E-state index in [1.54, 1.807) is 6.07 Å². The van der Waals surface area contributed by atoms with Crippen molar-refractivity contribution in [3.05, 3.63) is 16.5 Å². The summed E-state index contributed by atoms with van der Waals surface area (Å²) in [6.45, 7) is 2.32. The highest BCUT2D eigenvalue weighted by Gasteiger charge is 2.41. The molecule has 19 heavy (non-hydrogen) atoms. The Morgan fingerprint density at radius 2 is 2.16 bits per heavy atom. The summed E-state index contributed by atoms with van der Waals surface area (Å²) in [6, 6.07) is 3.04. The molecular weight excluding hydrogens is 310 g/mol. The molecule has 5 nitrogen and oxygen atoms in total. The lowest BCUT2D eigenvalue weighted by molar-refractivity contribution is -0.145. The zero-order valence-corrected chi connectivity index (χ0v) is 12.9. The number of rotatable bonds is 3. The Labute approximate surface area is 121 Å². The van der Waals surface area contributed by atoms with Crippen molar-refractivity contribution in [3.8, 4) is 0 Å². The lowest BCUT2D eigenvalue weighted by Crippen LogP contribution is -2.29. The molecule has 1 aliphatic rings. The monoisotopic (exact) mass is 323 g/mol. The van der Waals surface area contributed by atoms with Gasteiger partial charge in [0.2, 0.25) is 0 Å². The van der Waals surface area contributed by atoms with Gasteiger partial charge in [-0.15, -0.1) is 11.3 Å². The van der Waals surface area contributed by atoms with Gasteiger partial charge in [0.05, 0.1) is 17.4 Å². The van der Waals surface area contributed by atoms with Crippen LogP contribution in [0.1, 0.15) is 6.92 Å². The summed E-state index contributed by atoms with van der Waals surface area (Å²) in [5.74, 6) is -0.831. The minimum atomic E-state index is -3.57. The minimum Gasteiger partial charge on any atom is -0.469 e. The van der Waals surface area contributed by atoms with Crippen molar-refractivity contribution in [3.63, 3.8) is 0 Å². The van der Waals surface area contributed by atoms with Gasteiger partial charge in [-0.05, 0) is 18.1 Å². The van der Waals surface area contributed by atoms with Gasteiger partial charge in [0.15, 0.2) is 0 Å². The van der Waals surface area contributed by atoms with Crippen molar-refractivity contribution >= 4 is 38.9 Å². The third-order valence-corrected chi connectivity index (χ3v) is 6.76. The first-order valence-electron chi connectivity index (χ1n) is 5.69. The first-order valence-corrected chi connectivity index (χ1v) is 8.33. The Morgan fingerprint density at radius 3 is 2.68 bits per heavy atom. The molecule has 0 aliphatic carbocycles. The van der Waals surface area contributed by atoms with E-state index in [0.29, 0.717) is 10.9 Å². The molecule has 1 aromatic heterocycles. The molecule has 0 bridgehead atoms. The number of sulfonamides is 1. The fourth-order valence-corrected chi connectivity index (χ4v) is 5.34. The van der Waals surface area contributed by atoms with E-state index >= 15 is 0 Å². The van der Waals surface area contributed by atoms with Gasteiger partial charge in [0.1, 0.15) is 4.21 Å². The van der Waals surface area contributed by atoms with Crippen molar-refractivity contribution in [1.82, 2.24) is 4.31 Å². The standard InChI is InChI=1S/C11H14ClNO4S2/c1-7-5-13(6-8(7)11(14)17-2)19(15,16)10-4-3-9(12)18-10/h3-4,7-8H,5-6H2,1-2H3. The fraction of sp³-hybridized carbons (Fsp3) is 0.545. The van der Waals surface area contributed by atoms with Gasteiger partial charge in [0, 0.05) is 13.1 Å². The van der Waals surface area contributed by atoms with Gasteiger partial charge in [0.25, 0.3) is 10.0 Å². The predicted molar refractivity (Wildman–Crippen MR) is 72.8 cm³/mol. The molecule has 2 atom stereocenters. The van der Waals surface area contributed by atoms with E-state index in [1.807, 2.05) is 6.92 Å². The van der Waals surface area contributed by atoms with Crippen LogP contribution in [-0.2, 0) is 19.6 Å². The summed E-state index contributed by atoms with van der Waals surface area (Å²) < 4.78 is 31.4. The van der Waals surface area contributed by atoms with Gasteiger partial charge < -0.3 is 4.74 Å². The van der Waals surface area contributed by atoms with Gasteiger partial charge in [-0.1, -0.05) is 18.5 Å². The van der Waals surface area contributed by atoms with E-state index < -0.39 is 15.9 Å². The smallest absolute Gasteiger partial charge is 0.310 e. The molecule has 1 aromatic rings. The maximum atomic E-state index is 12.4. The van der Waals surface area contributed by atoms with Crippen molar-refractivity contribution in [1.29, 1.82) is 0 Å². The molecule has 0 saturated carbocycles. The van der Waals surface area contributed by atoms with Gasteiger partial charge in [-0.3, -0.25) is 4.79 Å². The molecule has 1 saturated heterocycles. The van der Waals surface area contributed by atoms with Crippen LogP contribution >= 0.6 is 22.9 Å². The molecule has 0 amide bonds. The molecule has 1 fully saturated rings. The number of esters is 1. The van der Waals surface area contributed by atoms with E-state index in [1.165, 1.54) is 17.5 Å². The zero-order chi connectivity index (χ0) is 14.2. The second-order valence-corrected chi connectivity index (χ2v) is 8.37. The minimum absolute atomic E-state index is 0.0577. The highest BCUT2D eigenvalue weighted by molar-refractivity contribution is 7.91. The first kappa shape index (κ1) is 14.8. The zero-order valence-electron chi connectivity index (χ0n) is 10.5. The third-order valence-electron chi connectivity index (χ3n) is 3.23. The highest BCUT2D eigenvalue weighted by Crippen LogP contribution is 2.33. The second kappa shape index (κ2) is 5.40. The summed E-state index contributed by atoms with van der Waals surface area (Å²) in [4.78, 5) is 11.6. The molecule has 2 unspecified atom stereocenters. The van der Waals surface area contributed by atoms with E-state index in [0.717, 1.165) is 11.3 Å². The Kier molecular flexibility index (Phi) is 4.20. The lowest BCUT2D eigenvalue weighted by Gasteiger charge is -2.14. The Balaban J connectivity index is 2.22. The van der Waals surface area contributed by atoms with Crippen LogP contribution in [0.5, 0.6) is 0 Å². The molecule has 2 rings (SSSR count). The van der Waals surface area contributed by atoms with Gasteiger partial charge in [-0.2, -0.15) is 4.31 Å². The maximum Gasteiger partial charge on any atom is 0.310 e. The molecule has 1 aliphatic heterocycles. The van der Waals surface area contributed by atoms with Crippen molar-refractivity contribution in [2.45, 2.75) is 11.1 Å². The van der Waals surface area contributed by atoms with Gasteiger partial charge >= 0.3 is 5.97 Å². The van der Waals surface area contributed by atoms with E-state index in [9.17, 15) is 13.2 Å². The molecule has 0 radical (unpaired) electrons. The van der Waals surface area contributed by atoms with Crippen LogP contribution in [0.3, 0.4) is 0 Å². The van der Waals surface area contributed by atoms with Crippen molar-refractivity contribution in [2.24, 2.45) is 11.8 Å². The number of carbonyl (C=O) groups is 1. The molecule has 2 heterocycles. The maximum absolute atomic E-state index is 12.4. The summed E-state index contributed by atoms with van der Waals surface area (Å²) >= 11 is 6.78. The molecular formula is C11H14ClNO4S2. The lowest BCUT2D eigenvalue weighted by atomic mass is 9.99. The van der Waals surface area contributed by atoms with Crippen LogP contribution in [0, 0.1) is 11.8 Å². The summed E-state index contributed by atoms with van der Waals surface area (Å²) in [6.07, 6.45) is 0. The van der Waals surface area contributed by atoms with Crippen LogP contribution in [0.15, 0.2) is 16.3 Å². The number of nitrogens with zero attached hydrogens (tertiary/aromatic N) is 1. The number of thiophene rings is 1. The van der Waals surface area contributed by atoms with Gasteiger partial charge in [-0.25, -0.2) is 8.42 Å².